The number of aromatic nitrogens is 4. The zero-order valence-corrected chi connectivity index (χ0v) is 30.7. The van der Waals surface area contributed by atoms with E-state index in [0.29, 0.717) is 41.3 Å². The molecule has 4 saturated heterocycles. The standard InChI is InChI=1S/C38H40BrClN8O2/c1-23-11-13-37(45-23)19-47(20-37)17-31-35(49-3)43-29(15-41-31)27-9-5-7-25(33(27)39)26-8-6-10-28(34(26)40)30-16-42-32(36(44-30)50-4)18-48-21-38(22-48)14-12-24(2)46-38/h5-10,15-16,45-46H,1-2,11-14,17-22H2,3-4H3. The van der Waals surface area contributed by atoms with Crippen LogP contribution in [-0.4, -0.2) is 81.2 Å². The van der Waals surface area contributed by atoms with E-state index in [4.69, 9.17) is 41.0 Å². The summed E-state index contributed by atoms with van der Waals surface area (Å²) in [7, 11) is 3.28. The topological polar surface area (TPSA) is 101 Å². The van der Waals surface area contributed by atoms with Crippen molar-refractivity contribution < 1.29 is 9.47 Å². The van der Waals surface area contributed by atoms with E-state index < -0.39 is 0 Å². The fourth-order valence-electron chi connectivity index (χ4n) is 7.99. The van der Waals surface area contributed by atoms with Crippen LogP contribution in [0.4, 0.5) is 0 Å². The second-order valence-electron chi connectivity index (χ2n) is 14.1. The molecule has 2 spiro atoms. The first kappa shape index (κ1) is 33.1. The molecule has 0 aliphatic carbocycles. The fraction of sp³-hybridized carbons (Fsp3) is 0.368. The van der Waals surface area contributed by atoms with E-state index in [-0.39, 0.29) is 11.1 Å². The van der Waals surface area contributed by atoms with Crippen LogP contribution in [0.25, 0.3) is 33.6 Å². The number of allylic oxidation sites excluding steroid dienone is 2. The lowest BCUT2D eigenvalue weighted by Gasteiger charge is -2.48. The molecule has 0 saturated carbocycles. The van der Waals surface area contributed by atoms with Crippen LogP contribution < -0.4 is 20.1 Å². The summed E-state index contributed by atoms with van der Waals surface area (Å²) < 4.78 is 12.3. The van der Waals surface area contributed by atoms with Crippen molar-refractivity contribution in [2.24, 2.45) is 0 Å². The van der Waals surface area contributed by atoms with E-state index in [9.17, 15) is 0 Å². The third kappa shape index (κ3) is 6.04. The van der Waals surface area contributed by atoms with Gasteiger partial charge < -0.3 is 20.1 Å². The number of methoxy groups -OCH3 is 2. The lowest BCUT2D eigenvalue weighted by molar-refractivity contribution is 0.0488. The maximum atomic E-state index is 7.16. The number of hydrogen-bond donors (Lipinski definition) is 2. The van der Waals surface area contributed by atoms with Crippen molar-refractivity contribution >= 4 is 27.5 Å². The van der Waals surface area contributed by atoms with Crippen molar-refractivity contribution in [3.63, 3.8) is 0 Å². The van der Waals surface area contributed by atoms with Crippen LogP contribution in [0, 0.1) is 0 Å². The summed E-state index contributed by atoms with van der Waals surface area (Å²) in [5.74, 6) is 1.03. The van der Waals surface area contributed by atoms with E-state index in [2.05, 4.69) is 49.5 Å². The lowest BCUT2D eigenvalue weighted by Crippen LogP contribution is -2.65. The number of rotatable bonds is 9. The Hall–Kier alpha value is -4.03. The molecule has 0 bridgehead atoms. The van der Waals surface area contributed by atoms with Gasteiger partial charge in [0.25, 0.3) is 0 Å². The highest BCUT2D eigenvalue weighted by Gasteiger charge is 2.47. The van der Waals surface area contributed by atoms with Gasteiger partial charge in [0, 0.05) is 71.8 Å². The lowest BCUT2D eigenvalue weighted by atomic mass is 9.88. The zero-order valence-electron chi connectivity index (χ0n) is 28.4. The van der Waals surface area contributed by atoms with Gasteiger partial charge in [-0.1, -0.05) is 61.2 Å². The second-order valence-corrected chi connectivity index (χ2v) is 15.2. The van der Waals surface area contributed by atoms with Crippen LogP contribution in [0.5, 0.6) is 11.8 Å². The van der Waals surface area contributed by atoms with Crippen molar-refractivity contribution in [2.45, 2.75) is 49.9 Å². The maximum absolute atomic E-state index is 7.16. The molecule has 2 aromatic heterocycles. The van der Waals surface area contributed by atoms with Crippen molar-refractivity contribution in [1.82, 2.24) is 40.4 Å². The molecule has 0 unspecified atom stereocenters. The van der Waals surface area contributed by atoms with Gasteiger partial charge in [0.2, 0.25) is 11.8 Å². The van der Waals surface area contributed by atoms with Gasteiger partial charge in [-0.05, 0) is 47.2 Å². The number of benzene rings is 2. The van der Waals surface area contributed by atoms with Crippen molar-refractivity contribution in [2.75, 3.05) is 40.4 Å². The third-order valence-electron chi connectivity index (χ3n) is 10.4. The molecular formula is C38H40BrClN8O2. The number of likely N-dealkylation sites (tertiary alicyclic amines) is 2. The average Bonchev–Trinajstić information content (AvgIpc) is 3.68. The summed E-state index contributed by atoms with van der Waals surface area (Å²) >= 11 is 11.0. The molecule has 50 heavy (non-hydrogen) atoms. The molecule has 4 aliphatic heterocycles. The summed E-state index contributed by atoms with van der Waals surface area (Å²) in [6.45, 7) is 13.4. The summed E-state index contributed by atoms with van der Waals surface area (Å²) in [5.41, 5.74) is 8.97. The number of nitrogens with zero attached hydrogens (tertiary/aromatic N) is 6. The first-order chi connectivity index (χ1) is 24.2. The minimum Gasteiger partial charge on any atom is -0.480 e. The molecule has 0 radical (unpaired) electrons. The quantitative estimate of drug-likeness (QED) is 0.194. The number of ether oxygens (including phenoxy) is 2. The van der Waals surface area contributed by atoms with Crippen LogP contribution in [0.3, 0.4) is 0 Å². The van der Waals surface area contributed by atoms with Crippen molar-refractivity contribution in [1.29, 1.82) is 0 Å². The van der Waals surface area contributed by atoms with Gasteiger partial charge in [0.1, 0.15) is 11.4 Å². The Labute approximate surface area is 306 Å². The van der Waals surface area contributed by atoms with Gasteiger partial charge in [-0.2, -0.15) is 0 Å². The molecule has 2 aromatic carbocycles. The van der Waals surface area contributed by atoms with Gasteiger partial charge >= 0.3 is 0 Å². The van der Waals surface area contributed by atoms with Crippen LogP contribution in [0.2, 0.25) is 5.02 Å². The molecule has 0 atom stereocenters. The van der Waals surface area contributed by atoms with Crippen molar-refractivity contribution in [3.8, 4) is 45.4 Å². The summed E-state index contributed by atoms with van der Waals surface area (Å²) in [5, 5.41) is 7.71. The molecule has 6 heterocycles. The SMILES string of the molecule is C=C1CCC2(CN(Cc3ncc(-c4cccc(-c5cccc(-c6cnc(CN7CC8(CCC(=C)N8)C7)c(OC)n6)c5Br)c4Cl)nc3OC)C2)N1. The Morgan fingerprint density at radius 1 is 0.740 bits per heavy atom. The molecule has 0 amide bonds. The van der Waals surface area contributed by atoms with Gasteiger partial charge in [-0.25, -0.2) is 9.97 Å². The highest BCUT2D eigenvalue weighted by atomic mass is 79.9. The van der Waals surface area contributed by atoms with Crippen LogP contribution in [-0.2, 0) is 13.1 Å². The zero-order chi connectivity index (χ0) is 34.6. The van der Waals surface area contributed by atoms with Gasteiger partial charge in [-0.15, -0.1) is 0 Å². The Balaban J connectivity index is 1.01. The first-order valence-electron chi connectivity index (χ1n) is 16.9. The Bertz CT molecular complexity index is 1870. The number of nitrogens with one attached hydrogen (secondary N) is 2. The predicted molar refractivity (Wildman–Crippen MR) is 199 cm³/mol. The minimum atomic E-state index is 0.154. The molecule has 258 valence electrons. The van der Waals surface area contributed by atoms with E-state index >= 15 is 0 Å². The Morgan fingerprint density at radius 3 is 1.68 bits per heavy atom. The van der Waals surface area contributed by atoms with Gasteiger partial charge in [0.15, 0.2) is 0 Å². The minimum absolute atomic E-state index is 0.154. The molecule has 4 aliphatic rings. The van der Waals surface area contributed by atoms with Gasteiger partial charge in [0.05, 0.1) is 54.1 Å². The summed E-state index contributed by atoms with van der Waals surface area (Å²) in [4.78, 5) is 24.1. The van der Waals surface area contributed by atoms with Crippen LogP contribution in [0.1, 0.15) is 37.1 Å². The first-order valence-corrected chi connectivity index (χ1v) is 18.1. The molecule has 4 fully saturated rings. The number of halogens is 2. The largest absolute Gasteiger partial charge is 0.480 e. The van der Waals surface area contributed by atoms with Crippen LogP contribution >= 0.6 is 27.5 Å². The normalized spacial score (nSPS) is 19.3. The molecule has 10 nitrogen and oxygen atoms in total. The summed E-state index contributed by atoms with van der Waals surface area (Å²) in [6, 6.07) is 12.0. The average molecular weight is 756 g/mol. The summed E-state index contributed by atoms with van der Waals surface area (Å²) in [6.07, 6.45) is 7.93. The number of hydrogen-bond acceptors (Lipinski definition) is 10. The molecule has 2 N–H and O–H groups in total. The maximum Gasteiger partial charge on any atom is 0.237 e. The predicted octanol–water partition coefficient (Wildman–Crippen LogP) is 6.60. The van der Waals surface area contributed by atoms with Crippen molar-refractivity contribution in [3.05, 3.63) is 94.2 Å². The molecule has 8 rings (SSSR count). The van der Waals surface area contributed by atoms with E-state index in [1.165, 1.54) is 0 Å². The molecule has 4 aromatic rings. The Morgan fingerprint density at radius 2 is 1.20 bits per heavy atom. The van der Waals surface area contributed by atoms with E-state index in [1.54, 1.807) is 20.4 Å². The van der Waals surface area contributed by atoms with E-state index in [0.717, 1.165) is 101 Å². The van der Waals surface area contributed by atoms with E-state index in [1.807, 2.05) is 42.6 Å². The molecular weight excluding hydrogens is 716 g/mol. The highest BCUT2D eigenvalue weighted by molar-refractivity contribution is 9.10. The van der Waals surface area contributed by atoms with Gasteiger partial charge in [-0.3, -0.25) is 19.8 Å². The molecule has 12 heteroatoms. The second kappa shape index (κ2) is 12.9. The fourth-order valence-corrected chi connectivity index (χ4v) is 9.00. The highest BCUT2D eigenvalue weighted by Crippen LogP contribution is 2.43. The smallest absolute Gasteiger partial charge is 0.237 e. The monoisotopic (exact) mass is 754 g/mol. The Kier molecular flexibility index (Phi) is 8.57. The van der Waals surface area contributed by atoms with Crippen LogP contribution in [0.15, 0.2) is 77.8 Å². The third-order valence-corrected chi connectivity index (χ3v) is 11.7.